The number of methoxy groups -OCH3 is 1. The molecule has 0 aliphatic carbocycles. The van der Waals surface area contributed by atoms with E-state index < -0.39 is 0 Å². The third kappa shape index (κ3) is 5.38. The number of carbonyl (C=O) groups is 1. The Morgan fingerprint density at radius 2 is 1.81 bits per heavy atom. The van der Waals surface area contributed by atoms with E-state index in [9.17, 15) is 4.79 Å². The summed E-state index contributed by atoms with van der Waals surface area (Å²) in [5.74, 6) is 1.26. The van der Waals surface area contributed by atoms with Crippen molar-refractivity contribution in [3.05, 3.63) is 47.5 Å². The second kappa shape index (κ2) is 10.3. The molecular formula is C24H29N3O4S. The molecule has 4 rings (SSSR count). The van der Waals surface area contributed by atoms with Crippen molar-refractivity contribution in [2.24, 2.45) is 0 Å². The maximum Gasteiger partial charge on any atom is 0.266 e. The monoisotopic (exact) mass is 455 g/mol. The van der Waals surface area contributed by atoms with E-state index in [0.29, 0.717) is 17.4 Å². The minimum atomic E-state index is -0.110. The molecular weight excluding hydrogens is 426 g/mol. The molecule has 0 spiro atoms. The number of thiazole rings is 1. The quantitative estimate of drug-likeness (QED) is 0.517. The highest BCUT2D eigenvalue weighted by molar-refractivity contribution is 7.22. The van der Waals surface area contributed by atoms with Crippen molar-refractivity contribution in [2.45, 2.75) is 13.8 Å². The molecule has 0 radical (unpaired) electrons. The minimum absolute atomic E-state index is 0.0522. The molecule has 0 N–H and O–H groups in total. The standard InChI is InChI=1S/C24H29N3O4S/c1-17-14-21-22(15-18(17)2)32-24(25-21)27(9-8-26-10-12-30-13-11-26)23(28)16-31-20-6-4-19(29-3)5-7-20/h4-7,14-15H,8-13,16H2,1-3H3. The van der Waals surface area contributed by atoms with Crippen molar-refractivity contribution >= 4 is 32.6 Å². The number of morpholine rings is 1. The summed E-state index contributed by atoms with van der Waals surface area (Å²) in [7, 11) is 1.62. The molecule has 1 aliphatic rings. The summed E-state index contributed by atoms with van der Waals surface area (Å²) in [6, 6.07) is 11.5. The van der Waals surface area contributed by atoms with Crippen molar-refractivity contribution in [2.75, 3.05) is 58.0 Å². The van der Waals surface area contributed by atoms with Crippen LogP contribution in [0.2, 0.25) is 0 Å². The van der Waals surface area contributed by atoms with Crippen LogP contribution in [0.15, 0.2) is 36.4 Å². The number of aromatic nitrogens is 1. The molecule has 0 atom stereocenters. The zero-order valence-electron chi connectivity index (χ0n) is 18.8. The molecule has 170 valence electrons. The number of amides is 1. The first kappa shape index (κ1) is 22.5. The second-order valence-corrected chi connectivity index (χ2v) is 8.87. The third-order valence-corrected chi connectivity index (χ3v) is 6.73. The molecule has 32 heavy (non-hydrogen) atoms. The Hall–Kier alpha value is -2.68. The van der Waals surface area contributed by atoms with Gasteiger partial charge in [0.25, 0.3) is 5.91 Å². The summed E-state index contributed by atoms with van der Waals surface area (Å²) in [5.41, 5.74) is 3.35. The minimum Gasteiger partial charge on any atom is -0.497 e. The molecule has 1 saturated heterocycles. The van der Waals surface area contributed by atoms with E-state index >= 15 is 0 Å². The Kier molecular flexibility index (Phi) is 7.24. The highest BCUT2D eigenvalue weighted by Crippen LogP contribution is 2.31. The molecule has 2 heterocycles. The Bertz CT molecular complexity index is 1020. The van der Waals surface area contributed by atoms with E-state index in [4.69, 9.17) is 19.2 Å². The van der Waals surface area contributed by atoms with E-state index in [-0.39, 0.29) is 12.5 Å². The van der Waals surface area contributed by atoms with Crippen LogP contribution in [-0.4, -0.2) is 68.9 Å². The lowest BCUT2D eigenvalue weighted by Crippen LogP contribution is -2.44. The zero-order chi connectivity index (χ0) is 22.5. The summed E-state index contributed by atoms with van der Waals surface area (Å²) in [6.45, 7) is 8.67. The van der Waals surface area contributed by atoms with Gasteiger partial charge in [-0.15, -0.1) is 0 Å². The van der Waals surface area contributed by atoms with Gasteiger partial charge in [-0.3, -0.25) is 14.6 Å². The molecule has 1 amide bonds. The topological polar surface area (TPSA) is 64.1 Å². The number of anilines is 1. The molecule has 1 aliphatic heterocycles. The van der Waals surface area contributed by atoms with Crippen LogP contribution in [0.3, 0.4) is 0 Å². The normalized spacial score (nSPS) is 14.5. The van der Waals surface area contributed by atoms with E-state index in [1.807, 2.05) is 12.1 Å². The van der Waals surface area contributed by atoms with Gasteiger partial charge < -0.3 is 14.2 Å². The molecule has 3 aromatic rings. The van der Waals surface area contributed by atoms with Crippen LogP contribution in [0.4, 0.5) is 5.13 Å². The lowest BCUT2D eigenvalue weighted by atomic mass is 10.1. The zero-order valence-corrected chi connectivity index (χ0v) is 19.6. The molecule has 1 aromatic heterocycles. The molecule has 0 bridgehead atoms. The lowest BCUT2D eigenvalue weighted by molar-refractivity contribution is -0.120. The molecule has 8 heteroatoms. The van der Waals surface area contributed by atoms with Crippen molar-refractivity contribution < 1.29 is 19.0 Å². The van der Waals surface area contributed by atoms with Crippen molar-refractivity contribution in [3.8, 4) is 11.5 Å². The SMILES string of the molecule is COc1ccc(OCC(=O)N(CCN2CCOCC2)c2nc3cc(C)c(C)cc3s2)cc1. The second-order valence-electron chi connectivity index (χ2n) is 7.86. The molecule has 2 aromatic carbocycles. The smallest absolute Gasteiger partial charge is 0.266 e. The summed E-state index contributed by atoms with van der Waals surface area (Å²) < 4.78 is 17.5. The van der Waals surface area contributed by atoms with Gasteiger partial charge in [-0.1, -0.05) is 11.3 Å². The van der Waals surface area contributed by atoms with E-state index in [0.717, 1.165) is 48.8 Å². The first-order chi connectivity index (χ1) is 15.5. The van der Waals surface area contributed by atoms with E-state index in [1.165, 1.54) is 11.1 Å². The van der Waals surface area contributed by atoms with Gasteiger partial charge in [0.05, 0.1) is 30.5 Å². The number of rotatable bonds is 8. The largest absolute Gasteiger partial charge is 0.497 e. The Morgan fingerprint density at radius 1 is 1.12 bits per heavy atom. The fraction of sp³-hybridized carbons (Fsp3) is 0.417. The lowest BCUT2D eigenvalue weighted by Gasteiger charge is -2.29. The van der Waals surface area contributed by atoms with Crippen molar-refractivity contribution in [3.63, 3.8) is 0 Å². The summed E-state index contributed by atoms with van der Waals surface area (Å²) in [5, 5.41) is 0.710. The summed E-state index contributed by atoms with van der Waals surface area (Å²) >= 11 is 1.55. The average Bonchev–Trinajstić information content (AvgIpc) is 3.21. The molecule has 7 nitrogen and oxygen atoms in total. The van der Waals surface area contributed by atoms with Crippen LogP contribution in [0.1, 0.15) is 11.1 Å². The number of hydrogen-bond donors (Lipinski definition) is 0. The number of fused-ring (bicyclic) bond motifs is 1. The molecule has 1 fully saturated rings. The van der Waals surface area contributed by atoms with Gasteiger partial charge in [0.15, 0.2) is 11.7 Å². The number of nitrogens with zero attached hydrogens (tertiary/aromatic N) is 3. The van der Waals surface area contributed by atoms with Crippen LogP contribution < -0.4 is 14.4 Å². The highest BCUT2D eigenvalue weighted by atomic mass is 32.1. The average molecular weight is 456 g/mol. The van der Waals surface area contributed by atoms with Crippen molar-refractivity contribution in [1.29, 1.82) is 0 Å². The Balaban J connectivity index is 1.51. The van der Waals surface area contributed by atoms with Crippen LogP contribution >= 0.6 is 11.3 Å². The van der Waals surface area contributed by atoms with Gasteiger partial charge in [0.1, 0.15) is 11.5 Å². The molecule has 0 saturated carbocycles. The predicted octanol–water partition coefficient (Wildman–Crippen LogP) is 3.67. The maximum atomic E-state index is 13.2. The number of carbonyl (C=O) groups excluding carboxylic acids is 1. The van der Waals surface area contributed by atoms with Gasteiger partial charge in [0.2, 0.25) is 0 Å². The van der Waals surface area contributed by atoms with Crippen molar-refractivity contribution in [1.82, 2.24) is 9.88 Å². The predicted molar refractivity (Wildman–Crippen MR) is 127 cm³/mol. The molecule has 0 unspecified atom stereocenters. The van der Waals surface area contributed by atoms with Gasteiger partial charge in [-0.2, -0.15) is 0 Å². The van der Waals surface area contributed by atoms with E-state index in [2.05, 4.69) is 30.9 Å². The van der Waals surface area contributed by atoms with Gasteiger partial charge in [-0.25, -0.2) is 4.98 Å². The van der Waals surface area contributed by atoms with Crippen LogP contribution in [-0.2, 0) is 9.53 Å². The van der Waals surface area contributed by atoms with Crippen LogP contribution in [0, 0.1) is 13.8 Å². The van der Waals surface area contributed by atoms with Gasteiger partial charge in [0, 0.05) is 26.2 Å². The fourth-order valence-corrected chi connectivity index (χ4v) is 4.66. The first-order valence-electron chi connectivity index (χ1n) is 10.8. The van der Waals surface area contributed by atoms with Gasteiger partial charge in [-0.05, 0) is 61.4 Å². The van der Waals surface area contributed by atoms with Gasteiger partial charge >= 0.3 is 0 Å². The first-order valence-corrected chi connectivity index (χ1v) is 11.6. The number of aryl methyl sites for hydroxylation is 2. The third-order valence-electron chi connectivity index (χ3n) is 5.69. The number of hydrogen-bond acceptors (Lipinski definition) is 7. The Morgan fingerprint density at radius 3 is 2.53 bits per heavy atom. The van der Waals surface area contributed by atoms with Crippen LogP contribution in [0.25, 0.3) is 10.2 Å². The number of ether oxygens (including phenoxy) is 3. The maximum absolute atomic E-state index is 13.2. The summed E-state index contributed by atoms with van der Waals surface area (Å²) in [6.07, 6.45) is 0. The highest BCUT2D eigenvalue weighted by Gasteiger charge is 2.22. The number of benzene rings is 2. The van der Waals surface area contributed by atoms with E-state index in [1.54, 1.807) is 35.5 Å². The summed E-state index contributed by atoms with van der Waals surface area (Å²) in [4.78, 5) is 22.1. The fourth-order valence-electron chi connectivity index (χ4n) is 3.57. The Labute approximate surface area is 192 Å². The van der Waals surface area contributed by atoms with Crippen LogP contribution in [0.5, 0.6) is 11.5 Å².